The lowest BCUT2D eigenvalue weighted by atomic mass is 10.1. The largest absolute Gasteiger partial charge is 0.328 e. The summed E-state index contributed by atoms with van der Waals surface area (Å²) >= 11 is 0. The Morgan fingerprint density at radius 1 is 1.27 bits per heavy atom. The van der Waals surface area contributed by atoms with E-state index >= 15 is 0 Å². The first kappa shape index (κ1) is 12.9. The molecule has 1 heterocycles. The number of nitrogens with zero attached hydrogens (tertiary/aromatic N) is 2. The summed E-state index contributed by atoms with van der Waals surface area (Å²) in [6.45, 7) is 10.3. The third-order valence-corrected chi connectivity index (χ3v) is 3.57. The molecule has 3 heteroatoms. The summed E-state index contributed by atoms with van der Waals surface area (Å²) in [5.41, 5.74) is 5.76. The molecular formula is C12H27N3. The van der Waals surface area contributed by atoms with Gasteiger partial charge in [-0.1, -0.05) is 0 Å². The van der Waals surface area contributed by atoms with Gasteiger partial charge in [-0.05, 0) is 47.2 Å². The predicted molar refractivity (Wildman–Crippen MR) is 66.0 cm³/mol. The molecule has 1 aliphatic heterocycles. The summed E-state index contributed by atoms with van der Waals surface area (Å²) in [6.07, 6.45) is 2.38. The van der Waals surface area contributed by atoms with Gasteiger partial charge in [0.25, 0.3) is 0 Å². The van der Waals surface area contributed by atoms with Crippen LogP contribution in [0.3, 0.4) is 0 Å². The lowest BCUT2D eigenvalue weighted by molar-refractivity contribution is 0.0590. The zero-order valence-electron chi connectivity index (χ0n) is 10.7. The average Bonchev–Trinajstić information content (AvgIpc) is 2.13. The van der Waals surface area contributed by atoms with Crippen molar-refractivity contribution in [2.24, 2.45) is 5.73 Å². The van der Waals surface area contributed by atoms with E-state index in [9.17, 15) is 0 Å². The summed E-state index contributed by atoms with van der Waals surface area (Å²) in [7, 11) is 2.23. The fourth-order valence-corrected chi connectivity index (χ4v) is 2.33. The summed E-state index contributed by atoms with van der Waals surface area (Å²) in [5, 5.41) is 0. The van der Waals surface area contributed by atoms with E-state index in [1.165, 1.54) is 26.1 Å². The van der Waals surface area contributed by atoms with Crippen molar-refractivity contribution in [1.29, 1.82) is 0 Å². The van der Waals surface area contributed by atoms with Crippen LogP contribution in [0.1, 0.15) is 33.6 Å². The zero-order chi connectivity index (χ0) is 11.4. The molecule has 1 rings (SSSR count). The van der Waals surface area contributed by atoms with E-state index in [2.05, 4.69) is 37.6 Å². The van der Waals surface area contributed by atoms with Gasteiger partial charge in [-0.3, -0.25) is 4.90 Å². The Morgan fingerprint density at radius 3 is 2.27 bits per heavy atom. The van der Waals surface area contributed by atoms with Crippen molar-refractivity contribution < 1.29 is 0 Å². The Kier molecular flexibility index (Phi) is 5.03. The van der Waals surface area contributed by atoms with Gasteiger partial charge in [0.2, 0.25) is 0 Å². The lowest BCUT2D eigenvalue weighted by Crippen LogP contribution is -2.55. The van der Waals surface area contributed by atoms with Crippen LogP contribution in [0.5, 0.6) is 0 Å². The van der Waals surface area contributed by atoms with E-state index in [4.69, 9.17) is 5.73 Å². The molecule has 0 spiro atoms. The molecule has 3 unspecified atom stereocenters. The minimum Gasteiger partial charge on any atom is -0.328 e. The highest BCUT2D eigenvalue weighted by Gasteiger charge is 2.25. The Labute approximate surface area is 94.6 Å². The summed E-state index contributed by atoms with van der Waals surface area (Å²) in [4.78, 5) is 5.06. The normalized spacial score (nSPS) is 31.8. The molecule has 0 aliphatic carbocycles. The van der Waals surface area contributed by atoms with E-state index < -0.39 is 0 Å². The molecule has 15 heavy (non-hydrogen) atoms. The molecular weight excluding hydrogens is 186 g/mol. The van der Waals surface area contributed by atoms with Crippen LogP contribution < -0.4 is 5.73 Å². The van der Waals surface area contributed by atoms with Crippen LogP contribution in [0.2, 0.25) is 0 Å². The van der Waals surface area contributed by atoms with E-state index in [1.54, 1.807) is 0 Å². The number of nitrogens with two attached hydrogens (primary N) is 1. The standard InChI is InChI=1S/C12H27N3/c1-10(13)6-5-7-15-8-11(2)14(4)12(3)9-15/h10-12H,5-9,13H2,1-4H3. The van der Waals surface area contributed by atoms with Crippen molar-refractivity contribution in [3.8, 4) is 0 Å². The summed E-state index contributed by atoms with van der Waals surface area (Å²) in [6, 6.07) is 1.72. The molecule has 1 saturated heterocycles. The molecule has 3 atom stereocenters. The van der Waals surface area contributed by atoms with Crippen molar-refractivity contribution in [3.63, 3.8) is 0 Å². The smallest absolute Gasteiger partial charge is 0.0195 e. The fourth-order valence-electron chi connectivity index (χ4n) is 2.33. The van der Waals surface area contributed by atoms with Gasteiger partial charge in [0.1, 0.15) is 0 Å². The number of piperazine rings is 1. The second kappa shape index (κ2) is 5.83. The SMILES string of the molecule is CC(N)CCCN1CC(C)N(C)C(C)C1. The van der Waals surface area contributed by atoms with E-state index in [1.807, 2.05) is 0 Å². The van der Waals surface area contributed by atoms with Crippen LogP contribution >= 0.6 is 0 Å². The highest BCUT2D eigenvalue weighted by molar-refractivity contribution is 4.82. The number of likely N-dealkylation sites (N-methyl/N-ethyl adjacent to an activating group) is 1. The van der Waals surface area contributed by atoms with Gasteiger partial charge >= 0.3 is 0 Å². The van der Waals surface area contributed by atoms with Gasteiger partial charge in [0.05, 0.1) is 0 Å². The topological polar surface area (TPSA) is 32.5 Å². The molecule has 3 nitrogen and oxygen atoms in total. The highest BCUT2D eigenvalue weighted by Crippen LogP contribution is 2.13. The molecule has 0 bridgehead atoms. The molecule has 0 amide bonds. The van der Waals surface area contributed by atoms with Crippen molar-refractivity contribution in [2.75, 3.05) is 26.7 Å². The van der Waals surface area contributed by atoms with Crippen LogP contribution in [-0.2, 0) is 0 Å². The van der Waals surface area contributed by atoms with Gasteiger partial charge in [-0.15, -0.1) is 0 Å². The van der Waals surface area contributed by atoms with Gasteiger partial charge in [-0.25, -0.2) is 0 Å². The van der Waals surface area contributed by atoms with Crippen LogP contribution in [0.15, 0.2) is 0 Å². The Bertz CT molecular complexity index is 170. The molecule has 0 aromatic heterocycles. The molecule has 1 fully saturated rings. The minimum atomic E-state index is 0.354. The van der Waals surface area contributed by atoms with Gasteiger partial charge in [0, 0.05) is 31.2 Å². The third-order valence-electron chi connectivity index (χ3n) is 3.57. The minimum absolute atomic E-state index is 0.354. The number of rotatable bonds is 4. The third kappa shape index (κ3) is 4.09. The molecule has 2 N–H and O–H groups in total. The zero-order valence-corrected chi connectivity index (χ0v) is 10.7. The number of hydrogen-bond donors (Lipinski definition) is 1. The van der Waals surface area contributed by atoms with Gasteiger partial charge in [0.15, 0.2) is 0 Å². The summed E-state index contributed by atoms with van der Waals surface area (Å²) in [5.74, 6) is 0. The van der Waals surface area contributed by atoms with E-state index in [0.717, 1.165) is 6.42 Å². The van der Waals surface area contributed by atoms with Crippen LogP contribution in [0, 0.1) is 0 Å². The lowest BCUT2D eigenvalue weighted by Gasteiger charge is -2.42. The molecule has 0 radical (unpaired) electrons. The molecule has 90 valence electrons. The maximum atomic E-state index is 5.76. The maximum Gasteiger partial charge on any atom is 0.0195 e. The van der Waals surface area contributed by atoms with Crippen molar-refractivity contribution >= 4 is 0 Å². The first-order chi connectivity index (χ1) is 7.00. The Morgan fingerprint density at radius 2 is 1.80 bits per heavy atom. The van der Waals surface area contributed by atoms with Gasteiger partial charge < -0.3 is 10.6 Å². The van der Waals surface area contributed by atoms with Crippen molar-refractivity contribution in [1.82, 2.24) is 9.80 Å². The second-order valence-electron chi connectivity index (χ2n) is 5.24. The first-order valence-electron chi connectivity index (χ1n) is 6.20. The molecule has 0 saturated carbocycles. The summed E-state index contributed by atoms with van der Waals surface area (Å²) < 4.78 is 0. The quantitative estimate of drug-likeness (QED) is 0.760. The van der Waals surface area contributed by atoms with Crippen molar-refractivity contribution in [2.45, 2.75) is 51.7 Å². The van der Waals surface area contributed by atoms with E-state index in [-0.39, 0.29) is 0 Å². The second-order valence-corrected chi connectivity index (χ2v) is 5.24. The molecule has 1 aliphatic rings. The predicted octanol–water partition coefficient (Wildman–Crippen LogP) is 1.14. The first-order valence-corrected chi connectivity index (χ1v) is 6.20. The maximum absolute atomic E-state index is 5.76. The Balaban J connectivity index is 2.26. The monoisotopic (exact) mass is 213 g/mol. The fraction of sp³-hybridized carbons (Fsp3) is 1.00. The van der Waals surface area contributed by atoms with Gasteiger partial charge in [-0.2, -0.15) is 0 Å². The Hall–Kier alpha value is -0.120. The van der Waals surface area contributed by atoms with E-state index in [0.29, 0.717) is 18.1 Å². The van der Waals surface area contributed by atoms with Crippen LogP contribution in [0.4, 0.5) is 0 Å². The average molecular weight is 213 g/mol. The molecule has 0 aromatic rings. The molecule has 0 aromatic carbocycles. The van der Waals surface area contributed by atoms with Crippen molar-refractivity contribution in [3.05, 3.63) is 0 Å². The highest BCUT2D eigenvalue weighted by atomic mass is 15.3. The number of hydrogen-bond acceptors (Lipinski definition) is 3. The van der Waals surface area contributed by atoms with Crippen LogP contribution in [-0.4, -0.2) is 54.6 Å². The van der Waals surface area contributed by atoms with Crippen LogP contribution in [0.25, 0.3) is 0 Å².